The molecule has 0 radical (unpaired) electrons. The van der Waals surface area contributed by atoms with Crippen molar-refractivity contribution >= 4 is 45.4 Å². The molecule has 0 bridgehead atoms. The first-order chi connectivity index (χ1) is 8.87. The summed E-state index contributed by atoms with van der Waals surface area (Å²) < 4.78 is 23.0. The predicted octanol–water partition coefficient (Wildman–Crippen LogP) is 1.65. The van der Waals surface area contributed by atoms with Crippen molar-refractivity contribution in [2.45, 2.75) is 18.9 Å². The zero-order valence-electron chi connectivity index (χ0n) is 10.6. The van der Waals surface area contributed by atoms with E-state index in [-0.39, 0.29) is 40.9 Å². The number of nitrogens with two attached hydrogens (primary N) is 1. The second-order valence-electron chi connectivity index (χ2n) is 4.67. The van der Waals surface area contributed by atoms with Gasteiger partial charge >= 0.3 is 0 Å². The number of nitrogen functional groups attached to an aromatic ring is 1. The minimum Gasteiger partial charge on any atom is -0.399 e. The summed E-state index contributed by atoms with van der Waals surface area (Å²) in [5, 5.41) is 2.97. The third kappa shape index (κ3) is 4.26. The SMILES string of the molecule is Cl.Nc1ccc(C(=O)NC2CCCS(=O)(=O)C2)c(Cl)c1. The molecule has 0 aromatic heterocycles. The van der Waals surface area contributed by atoms with Crippen LogP contribution in [0.2, 0.25) is 5.02 Å². The number of amides is 1. The second kappa shape index (κ2) is 6.65. The summed E-state index contributed by atoms with van der Waals surface area (Å²) in [7, 11) is -3.04. The molecule has 1 heterocycles. The molecule has 8 heteroatoms. The third-order valence-corrected chi connectivity index (χ3v) is 5.17. The molecule has 20 heavy (non-hydrogen) atoms. The van der Waals surface area contributed by atoms with Gasteiger partial charge in [0.15, 0.2) is 9.84 Å². The lowest BCUT2D eigenvalue weighted by Gasteiger charge is -2.23. The van der Waals surface area contributed by atoms with Crippen LogP contribution in [0, 0.1) is 0 Å². The number of nitrogens with one attached hydrogen (secondary N) is 1. The van der Waals surface area contributed by atoms with E-state index in [9.17, 15) is 13.2 Å². The van der Waals surface area contributed by atoms with Gasteiger partial charge in [0.25, 0.3) is 5.91 Å². The fraction of sp³-hybridized carbons (Fsp3) is 0.417. The predicted molar refractivity (Wildman–Crippen MR) is 82.3 cm³/mol. The Hall–Kier alpha value is -0.980. The molecule has 1 aliphatic rings. The molecule has 2 rings (SSSR count). The van der Waals surface area contributed by atoms with E-state index in [2.05, 4.69) is 5.32 Å². The van der Waals surface area contributed by atoms with E-state index in [1.54, 1.807) is 6.07 Å². The van der Waals surface area contributed by atoms with Crippen molar-refractivity contribution < 1.29 is 13.2 Å². The van der Waals surface area contributed by atoms with Gasteiger partial charge in [-0.05, 0) is 31.0 Å². The van der Waals surface area contributed by atoms with Crippen LogP contribution in [0.1, 0.15) is 23.2 Å². The van der Waals surface area contributed by atoms with E-state index in [0.29, 0.717) is 24.1 Å². The van der Waals surface area contributed by atoms with E-state index in [0.717, 1.165) is 0 Å². The largest absolute Gasteiger partial charge is 0.399 e. The lowest BCUT2D eigenvalue weighted by atomic mass is 10.1. The number of halogens is 2. The molecule has 1 saturated heterocycles. The van der Waals surface area contributed by atoms with Crippen LogP contribution in [-0.2, 0) is 9.84 Å². The molecule has 3 N–H and O–H groups in total. The maximum Gasteiger partial charge on any atom is 0.253 e. The number of rotatable bonds is 2. The first-order valence-corrected chi connectivity index (χ1v) is 8.14. The van der Waals surface area contributed by atoms with Gasteiger partial charge in [0.1, 0.15) is 0 Å². The number of hydrogen-bond donors (Lipinski definition) is 2. The van der Waals surface area contributed by atoms with Crippen LogP contribution in [0.25, 0.3) is 0 Å². The fourth-order valence-electron chi connectivity index (χ4n) is 2.12. The summed E-state index contributed by atoms with van der Waals surface area (Å²) in [6, 6.07) is 4.26. The Morgan fingerprint density at radius 2 is 2.10 bits per heavy atom. The van der Waals surface area contributed by atoms with Gasteiger partial charge in [0, 0.05) is 11.7 Å². The van der Waals surface area contributed by atoms with Gasteiger partial charge in [-0.2, -0.15) is 0 Å². The molecule has 1 unspecified atom stereocenters. The van der Waals surface area contributed by atoms with Crippen LogP contribution in [0.3, 0.4) is 0 Å². The number of benzene rings is 1. The highest BCUT2D eigenvalue weighted by Gasteiger charge is 2.26. The smallest absolute Gasteiger partial charge is 0.253 e. The standard InChI is InChI=1S/C12H15ClN2O3S.ClH/c13-11-6-8(14)3-4-10(11)12(16)15-9-2-1-5-19(17,18)7-9;/h3-4,6,9H,1-2,5,7,14H2,(H,15,16);1H. The minimum absolute atomic E-state index is 0. The summed E-state index contributed by atoms with van der Waals surface area (Å²) in [5.74, 6) is -0.181. The highest BCUT2D eigenvalue weighted by atomic mass is 35.5. The van der Waals surface area contributed by atoms with Gasteiger partial charge in [-0.1, -0.05) is 11.6 Å². The first-order valence-electron chi connectivity index (χ1n) is 5.94. The summed E-state index contributed by atoms with van der Waals surface area (Å²) in [6.45, 7) is 0. The van der Waals surface area contributed by atoms with Crippen molar-refractivity contribution in [3.05, 3.63) is 28.8 Å². The van der Waals surface area contributed by atoms with E-state index in [1.165, 1.54) is 12.1 Å². The molecule has 112 valence electrons. The molecule has 1 aliphatic heterocycles. The topological polar surface area (TPSA) is 89.3 Å². The van der Waals surface area contributed by atoms with Crippen LogP contribution < -0.4 is 11.1 Å². The van der Waals surface area contributed by atoms with Crippen LogP contribution in [0.4, 0.5) is 5.69 Å². The van der Waals surface area contributed by atoms with E-state index < -0.39 is 9.84 Å². The van der Waals surface area contributed by atoms with Crippen molar-refractivity contribution in [1.29, 1.82) is 0 Å². The zero-order chi connectivity index (χ0) is 14.0. The number of hydrogen-bond acceptors (Lipinski definition) is 4. The zero-order valence-corrected chi connectivity index (χ0v) is 13.0. The van der Waals surface area contributed by atoms with Crippen molar-refractivity contribution in [2.75, 3.05) is 17.2 Å². The Morgan fingerprint density at radius 3 is 2.70 bits per heavy atom. The van der Waals surface area contributed by atoms with E-state index in [4.69, 9.17) is 17.3 Å². The molecular weight excluding hydrogens is 323 g/mol. The first kappa shape index (κ1) is 17.1. The van der Waals surface area contributed by atoms with Gasteiger partial charge in [-0.15, -0.1) is 12.4 Å². The number of carbonyl (C=O) groups excluding carboxylic acids is 1. The monoisotopic (exact) mass is 338 g/mol. The van der Waals surface area contributed by atoms with Gasteiger partial charge < -0.3 is 11.1 Å². The van der Waals surface area contributed by atoms with Crippen molar-refractivity contribution in [3.8, 4) is 0 Å². The Kier molecular flexibility index (Phi) is 5.68. The van der Waals surface area contributed by atoms with Gasteiger partial charge in [0.05, 0.1) is 22.1 Å². The highest BCUT2D eigenvalue weighted by Crippen LogP contribution is 2.20. The van der Waals surface area contributed by atoms with Gasteiger partial charge in [0.2, 0.25) is 0 Å². The Morgan fingerprint density at radius 1 is 1.40 bits per heavy atom. The average molecular weight is 339 g/mol. The highest BCUT2D eigenvalue weighted by molar-refractivity contribution is 7.91. The second-order valence-corrected chi connectivity index (χ2v) is 7.30. The third-order valence-electron chi connectivity index (χ3n) is 3.04. The maximum atomic E-state index is 12.0. The molecule has 1 aromatic carbocycles. The van der Waals surface area contributed by atoms with Crippen molar-refractivity contribution in [2.24, 2.45) is 0 Å². The van der Waals surface area contributed by atoms with Gasteiger partial charge in [-0.3, -0.25) is 4.79 Å². The van der Waals surface area contributed by atoms with Crippen molar-refractivity contribution in [1.82, 2.24) is 5.32 Å². The summed E-state index contributed by atoms with van der Waals surface area (Å²) in [6.07, 6.45) is 1.24. The maximum absolute atomic E-state index is 12.0. The molecule has 1 aromatic rings. The Bertz CT molecular complexity index is 605. The molecule has 1 amide bonds. The molecule has 0 aliphatic carbocycles. The van der Waals surface area contributed by atoms with E-state index >= 15 is 0 Å². The van der Waals surface area contributed by atoms with Crippen molar-refractivity contribution in [3.63, 3.8) is 0 Å². The molecule has 5 nitrogen and oxygen atoms in total. The van der Waals surface area contributed by atoms with Crippen LogP contribution in [0.15, 0.2) is 18.2 Å². The molecule has 1 fully saturated rings. The fourth-order valence-corrected chi connectivity index (χ4v) is 4.03. The van der Waals surface area contributed by atoms with Gasteiger partial charge in [-0.25, -0.2) is 8.42 Å². The lowest BCUT2D eigenvalue weighted by Crippen LogP contribution is -2.43. The molecular formula is C12H16Cl2N2O3S. The molecule has 1 atom stereocenters. The Labute approximate surface area is 129 Å². The Balaban J connectivity index is 0.00000200. The minimum atomic E-state index is -3.04. The average Bonchev–Trinajstić information content (AvgIpc) is 2.27. The molecule has 0 spiro atoms. The van der Waals surface area contributed by atoms with Crippen LogP contribution in [0.5, 0.6) is 0 Å². The summed E-state index contributed by atoms with van der Waals surface area (Å²) >= 11 is 5.94. The van der Waals surface area contributed by atoms with Crippen LogP contribution >= 0.6 is 24.0 Å². The molecule has 0 saturated carbocycles. The van der Waals surface area contributed by atoms with Crippen LogP contribution in [-0.4, -0.2) is 31.9 Å². The quantitative estimate of drug-likeness (QED) is 0.802. The number of anilines is 1. The number of carbonyl (C=O) groups is 1. The summed E-state index contributed by atoms with van der Waals surface area (Å²) in [4.78, 5) is 12.0. The lowest BCUT2D eigenvalue weighted by molar-refractivity contribution is 0.0938. The normalized spacial score (nSPS) is 20.8. The number of sulfone groups is 1. The van der Waals surface area contributed by atoms with E-state index in [1.807, 2.05) is 0 Å². The summed E-state index contributed by atoms with van der Waals surface area (Å²) in [5.41, 5.74) is 6.33.